The molecule has 1 aromatic heterocycles. The summed E-state index contributed by atoms with van der Waals surface area (Å²) in [6.45, 7) is 3.91. The van der Waals surface area contributed by atoms with Gasteiger partial charge in [-0.15, -0.1) is 0 Å². The number of rotatable bonds is 4. The molecule has 0 bridgehead atoms. The predicted molar refractivity (Wildman–Crippen MR) is 108 cm³/mol. The lowest BCUT2D eigenvalue weighted by atomic mass is 9.90. The number of H-pyrrole nitrogens is 1. The molecule has 1 atom stereocenters. The number of halogens is 3. The molecular weight excluding hydrogens is 407 g/mol. The number of ketones is 1. The Bertz CT molecular complexity index is 1050. The first-order chi connectivity index (χ1) is 12.8. The maximum absolute atomic E-state index is 13.0. The molecule has 1 heterocycles. The molecule has 3 aromatic rings. The Morgan fingerprint density at radius 1 is 1.04 bits per heavy atom. The molecule has 2 aromatic carbocycles. The third kappa shape index (κ3) is 4.08. The van der Waals surface area contributed by atoms with Crippen LogP contribution >= 0.6 is 34.8 Å². The number of hydrogen-bond donors (Lipinski definition) is 1. The molecule has 0 aliphatic carbocycles. The van der Waals surface area contributed by atoms with Gasteiger partial charge in [0.25, 0.3) is 5.56 Å². The molecule has 0 aliphatic rings. The van der Waals surface area contributed by atoms with Crippen LogP contribution in [-0.4, -0.2) is 16.0 Å². The van der Waals surface area contributed by atoms with Crippen LogP contribution < -0.4 is 5.56 Å². The maximum Gasteiger partial charge on any atom is 0.264 e. The molecule has 7 heteroatoms. The minimum Gasteiger partial charge on any atom is -0.288 e. The molecule has 4 nitrogen and oxygen atoms in total. The summed E-state index contributed by atoms with van der Waals surface area (Å²) in [5, 5.41) is 7.29. The number of nitrogens with zero attached hydrogens (tertiary/aromatic N) is 1. The van der Waals surface area contributed by atoms with Crippen LogP contribution in [0.25, 0.3) is 0 Å². The smallest absolute Gasteiger partial charge is 0.264 e. The number of aromatic nitrogens is 2. The van der Waals surface area contributed by atoms with Crippen molar-refractivity contribution in [3.05, 3.63) is 95.8 Å². The van der Waals surface area contributed by atoms with Crippen LogP contribution in [0.5, 0.6) is 0 Å². The Morgan fingerprint density at radius 3 is 2.30 bits per heavy atom. The highest BCUT2D eigenvalue weighted by Gasteiger charge is 2.20. The zero-order valence-electron chi connectivity index (χ0n) is 14.5. The van der Waals surface area contributed by atoms with E-state index in [1.807, 2.05) is 19.9 Å². The minimum absolute atomic E-state index is 0.120. The van der Waals surface area contributed by atoms with Gasteiger partial charge in [-0.25, -0.2) is 5.10 Å². The van der Waals surface area contributed by atoms with Crippen molar-refractivity contribution < 1.29 is 4.79 Å². The van der Waals surface area contributed by atoms with Crippen molar-refractivity contribution >= 4 is 40.6 Å². The molecule has 0 amide bonds. The Balaban J connectivity index is 2.04. The third-order valence-corrected chi connectivity index (χ3v) is 5.20. The summed E-state index contributed by atoms with van der Waals surface area (Å²) in [6.07, 6.45) is 0. The molecule has 27 heavy (non-hydrogen) atoms. The average Bonchev–Trinajstić information content (AvgIpc) is 2.61. The van der Waals surface area contributed by atoms with E-state index in [0.29, 0.717) is 16.3 Å². The Labute approximate surface area is 171 Å². The number of aromatic amines is 1. The molecule has 1 unspecified atom stereocenters. The van der Waals surface area contributed by atoms with Gasteiger partial charge in [-0.05, 0) is 42.3 Å². The molecule has 3 rings (SSSR count). The van der Waals surface area contributed by atoms with Gasteiger partial charge in [-0.1, -0.05) is 53.9 Å². The summed E-state index contributed by atoms with van der Waals surface area (Å²) in [4.78, 5) is 24.2. The summed E-state index contributed by atoms with van der Waals surface area (Å²) >= 11 is 18.3. The van der Waals surface area contributed by atoms with E-state index >= 15 is 0 Å². The topological polar surface area (TPSA) is 62.8 Å². The molecular formula is C20H15Cl3N2O2. The number of nitrogens with one attached hydrogen (secondary N) is 1. The van der Waals surface area contributed by atoms with Crippen molar-refractivity contribution in [1.82, 2.24) is 10.2 Å². The lowest BCUT2D eigenvalue weighted by Crippen LogP contribution is -2.11. The van der Waals surface area contributed by atoms with Gasteiger partial charge in [0.05, 0.1) is 21.3 Å². The van der Waals surface area contributed by atoms with Gasteiger partial charge in [-0.2, -0.15) is 5.10 Å². The van der Waals surface area contributed by atoms with Crippen molar-refractivity contribution in [3.8, 4) is 0 Å². The van der Waals surface area contributed by atoms with E-state index < -0.39 is 0 Å². The second-order valence-electron chi connectivity index (χ2n) is 6.21. The Morgan fingerprint density at radius 2 is 1.70 bits per heavy atom. The lowest BCUT2D eigenvalue weighted by molar-refractivity contribution is 0.103. The summed E-state index contributed by atoms with van der Waals surface area (Å²) in [6, 6.07) is 11.5. The van der Waals surface area contributed by atoms with Gasteiger partial charge in [0.1, 0.15) is 0 Å². The second-order valence-corrected chi connectivity index (χ2v) is 7.46. The number of carbonyl (C=O) groups is 1. The van der Waals surface area contributed by atoms with Gasteiger partial charge >= 0.3 is 0 Å². The fourth-order valence-corrected chi connectivity index (χ4v) is 3.90. The summed E-state index contributed by atoms with van der Waals surface area (Å²) in [7, 11) is 0. The van der Waals surface area contributed by atoms with E-state index in [0.717, 1.165) is 11.1 Å². The van der Waals surface area contributed by atoms with Crippen molar-refractivity contribution in [2.24, 2.45) is 0 Å². The largest absolute Gasteiger partial charge is 0.288 e. The van der Waals surface area contributed by atoms with Crippen LogP contribution in [0.3, 0.4) is 0 Å². The third-order valence-electron chi connectivity index (χ3n) is 4.39. The number of carbonyl (C=O) groups excluding carboxylic acids is 1. The van der Waals surface area contributed by atoms with Crippen LogP contribution in [0.1, 0.15) is 45.6 Å². The lowest BCUT2D eigenvalue weighted by Gasteiger charge is -2.16. The normalized spacial score (nSPS) is 12.0. The van der Waals surface area contributed by atoms with Gasteiger partial charge < -0.3 is 0 Å². The van der Waals surface area contributed by atoms with Crippen LogP contribution in [-0.2, 0) is 0 Å². The van der Waals surface area contributed by atoms with E-state index in [1.54, 1.807) is 18.2 Å². The summed E-state index contributed by atoms with van der Waals surface area (Å²) in [5.74, 6) is -0.407. The quantitative estimate of drug-likeness (QED) is 0.572. The number of aryl methyl sites for hydroxylation is 1. The molecule has 0 saturated heterocycles. The summed E-state index contributed by atoms with van der Waals surface area (Å²) in [5.41, 5.74) is 3.02. The maximum atomic E-state index is 13.0. The van der Waals surface area contributed by atoms with E-state index in [4.69, 9.17) is 34.8 Å². The van der Waals surface area contributed by atoms with Gasteiger partial charge in [0, 0.05) is 22.6 Å². The first-order valence-corrected chi connectivity index (χ1v) is 9.26. The Kier molecular flexibility index (Phi) is 5.70. The highest BCUT2D eigenvalue weighted by atomic mass is 35.5. The first kappa shape index (κ1) is 19.6. The minimum atomic E-state index is -0.287. The zero-order chi connectivity index (χ0) is 19.7. The molecule has 0 aliphatic heterocycles. The van der Waals surface area contributed by atoms with Gasteiger partial charge in [-0.3, -0.25) is 9.59 Å². The molecule has 0 saturated carbocycles. The van der Waals surface area contributed by atoms with Crippen LogP contribution in [0.2, 0.25) is 15.1 Å². The highest BCUT2D eigenvalue weighted by Crippen LogP contribution is 2.32. The SMILES string of the molecule is Cc1ccc(C(=O)c2c(Cl)cc(Cl)cc2Cl)cc1C(C)c1ccc(=O)[nH]n1. The fraction of sp³-hybridized carbons (Fsp3) is 0.150. The van der Waals surface area contributed by atoms with Crippen LogP contribution in [0, 0.1) is 6.92 Å². The molecule has 0 fully saturated rings. The van der Waals surface area contributed by atoms with E-state index in [9.17, 15) is 9.59 Å². The van der Waals surface area contributed by atoms with Crippen molar-refractivity contribution in [2.75, 3.05) is 0 Å². The van der Waals surface area contributed by atoms with Crippen molar-refractivity contribution in [2.45, 2.75) is 19.8 Å². The van der Waals surface area contributed by atoms with Crippen LogP contribution in [0.4, 0.5) is 0 Å². The highest BCUT2D eigenvalue weighted by molar-refractivity contribution is 6.43. The predicted octanol–water partition coefficient (Wildman–Crippen LogP) is 5.42. The van der Waals surface area contributed by atoms with Crippen molar-refractivity contribution in [3.63, 3.8) is 0 Å². The standard InChI is InChI=1S/C20H15Cl3N2O2/c1-10-3-4-12(20(27)19-15(22)8-13(21)9-16(19)23)7-14(10)11(2)17-5-6-18(26)25-24-17/h3-9,11H,1-2H3,(H,25,26). The van der Waals surface area contributed by atoms with Gasteiger partial charge in [0.15, 0.2) is 5.78 Å². The average molecular weight is 422 g/mol. The number of benzene rings is 2. The van der Waals surface area contributed by atoms with Gasteiger partial charge in [0.2, 0.25) is 0 Å². The zero-order valence-corrected chi connectivity index (χ0v) is 16.8. The molecule has 0 spiro atoms. The second kappa shape index (κ2) is 7.85. The van der Waals surface area contributed by atoms with E-state index in [2.05, 4.69) is 10.2 Å². The molecule has 138 valence electrons. The van der Waals surface area contributed by atoms with E-state index in [1.165, 1.54) is 18.2 Å². The first-order valence-electron chi connectivity index (χ1n) is 8.13. The monoisotopic (exact) mass is 420 g/mol. The number of hydrogen-bond acceptors (Lipinski definition) is 3. The summed E-state index contributed by atoms with van der Waals surface area (Å²) < 4.78 is 0. The molecule has 0 radical (unpaired) electrons. The Hall–Kier alpha value is -2.14. The molecule has 1 N–H and O–H groups in total. The fourth-order valence-electron chi connectivity index (χ4n) is 2.91. The van der Waals surface area contributed by atoms with E-state index in [-0.39, 0.29) is 32.9 Å². The van der Waals surface area contributed by atoms with Crippen LogP contribution in [0.15, 0.2) is 47.3 Å². The van der Waals surface area contributed by atoms with Crippen molar-refractivity contribution in [1.29, 1.82) is 0 Å².